The standard InChI is InChI=1S/C16H15NS3/c1-18-14-6-4-13(5-7-14)17-10-15-9-12(11-20-15)16-3-2-8-19-16/h2-9,11,17H,10H2,1H3. The Kier molecular flexibility index (Phi) is 4.45. The molecule has 3 rings (SSSR count). The Labute approximate surface area is 131 Å². The summed E-state index contributed by atoms with van der Waals surface area (Å²) >= 11 is 5.38. The summed E-state index contributed by atoms with van der Waals surface area (Å²) in [6, 6.07) is 15.1. The van der Waals surface area contributed by atoms with Crippen molar-refractivity contribution in [1.82, 2.24) is 0 Å². The first-order chi connectivity index (χ1) is 9.85. The van der Waals surface area contributed by atoms with E-state index in [0.717, 1.165) is 6.54 Å². The minimum Gasteiger partial charge on any atom is -0.380 e. The Morgan fingerprint density at radius 3 is 2.65 bits per heavy atom. The van der Waals surface area contributed by atoms with Crippen LogP contribution in [-0.2, 0) is 6.54 Å². The zero-order chi connectivity index (χ0) is 13.8. The second-order valence-corrected chi connectivity index (χ2v) is 7.18. The molecule has 0 spiro atoms. The Morgan fingerprint density at radius 2 is 1.95 bits per heavy atom. The van der Waals surface area contributed by atoms with Crippen molar-refractivity contribution in [2.45, 2.75) is 11.4 Å². The summed E-state index contributed by atoms with van der Waals surface area (Å²) in [5.74, 6) is 0. The van der Waals surface area contributed by atoms with Crippen LogP contribution in [0.5, 0.6) is 0 Å². The second kappa shape index (κ2) is 6.48. The molecule has 0 aliphatic carbocycles. The average molecular weight is 318 g/mol. The van der Waals surface area contributed by atoms with Crippen molar-refractivity contribution in [2.75, 3.05) is 11.6 Å². The van der Waals surface area contributed by atoms with E-state index in [4.69, 9.17) is 0 Å². The second-order valence-electron chi connectivity index (χ2n) is 4.36. The van der Waals surface area contributed by atoms with E-state index in [1.807, 2.05) is 11.3 Å². The van der Waals surface area contributed by atoms with Gasteiger partial charge in [0.15, 0.2) is 0 Å². The summed E-state index contributed by atoms with van der Waals surface area (Å²) in [7, 11) is 0. The third kappa shape index (κ3) is 3.26. The number of thiophene rings is 2. The zero-order valence-corrected chi connectivity index (χ0v) is 13.6. The number of anilines is 1. The van der Waals surface area contributed by atoms with Crippen LogP contribution >= 0.6 is 34.4 Å². The Balaban J connectivity index is 1.63. The van der Waals surface area contributed by atoms with E-state index in [0.29, 0.717) is 0 Å². The van der Waals surface area contributed by atoms with Crippen molar-refractivity contribution in [1.29, 1.82) is 0 Å². The van der Waals surface area contributed by atoms with Gasteiger partial charge in [0.05, 0.1) is 0 Å². The molecule has 2 aromatic heterocycles. The number of hydrogen-bond acceptors (Lipinski definition) is 4. The number of nitrogens with one attached hydrogen (secondary N) is 1. The molecule has 20 heavy (non-hydrogen) atoms. The maximum atomic E-state index is 3.48. The SMILES string of the molecule is CSc1ccc(NCc2cc(-c3cccs3)cs2)cc1. The number of thioether (sulfide) groups is 1. The monoisotopic (exact) mass is 317 g/mol. The summed E-state index contributed by atoms with van der Waals surface area (Å²) in [6.45, 7) is 0.884. The molecule has 0 aliphatic heterocycles. The van der Waals surface area contributed by atoms with E-state index in [1.165, 1.54) is 25.9 Å². The van der Waals surface area contributed by atoms with E-state index in [9.17, 15) is 0 Å². The molecule has 3 aromatic rings. The number of benzene rings is 1. The van der Waals surface area contributed by atoms with Gasteiger partial charge < -0.3 is 5.32 Å². The minimum atomic E-state index is 0.884. The van der Waals surface area contributed by atoms with E-state index >= 15 is 0 Å². The van der Waals surface area contributed by atoms with Crippen LogP contribution in [0.1, 0.15) is 4.88 Å². The predicted octanol–water partition coefficient (Wildman–Crippen LogP) is 5.81. The first kappa shape index (κ1) is 13.7. The topological polar surface area (TPSA) is 12.0 Å². The molecule has 1 N–H and O–H groups in total. The Hall–Kier alpha value is -1.23. The van der Waals surface area contributed by atoms with Crippen LogP contribution < -0.4 is 5.32 Å². The molecule has 0 aliphatic rings. The lowest BCUT2D eigenvalue weighted by atomic mass is 10.2. The molecule has 1 aromatic carbocycles. The minimum absolute atomic E-state index is 0.884. The van der Waals surface area contributed by atoms with Gasteiger partial charge in [0.1, 0.15) is 0 Å². The summed E-state index contributed by atoms with van der Waals surface area (Å²) in [5.41, 5.74) is 2.51. The highest BCUT2D eigenvalue weighted by atomic mass is 32.2. The van der Waals surface area contributed by atoms with E-state index in [1.54, 1.807) is 23.1 Å². The first-order valence-corrected chi connectivity index (χ1v) is 9.33. The molecule has 0 atom stereocenters. The molecule has 0 amide bonds. The summed E-state index contributed by atoms with van der Waals surface area (Å²) < 4.78 is 0. The van der Waals surface area contributed by atoms with Crippen molar-refractivity contribution in [2.24, 2.45) is 0 Å². The molecular weight excluding hydrogens is 302 g/mol. The van der Waals surface area contributed by atoms with E-state index < -0.39 is 0 Å². The van der Waals surface area contributed by atoms with Crippen molar-refractivity contribution >= 4 is 40.1 Å². The number of hydrogen-bond donors (Lipinski definition) is 1. The summed E-state index contributed by atoms with van der Waals surface area (Å²) in [4.78, 5) is 4.01. The summed E-state index contributed by atoms with van der Waals surface area (Å²) in [6.07, 6.45) is 2.10. The van der Waals surface area contributed by atoms with Gasteiger partial charge >= 0.3 is 0 Å². The van der Waals surface area contributed by atoms with Crippen molar-refractivity contribution < 1.29 is 0 Å². The van der Waals surface area contributed by atoms with Crippen molar-refractivity contribution in [3.05, 3.63) is 58.1 Å². The molecule has 0 unspecified atom stereocenters. The van der Waals surface area contributed by atoms with Gasteiger partial charge in [0, 0.05) is 32.4 Å². The lowest BCUT2D eigenvalue weighted by Gasteiger charge is -2.05. The molecule has 0 fully saturated rings. The third-order valence-electron chi connectivity index (χ3n) is 3.02. The number of rotatable bonds is 5. The molecular formula is C16H15NS3. The van der Waals surface area contributed by atoms with Crippen LogP contribution in [0.15, 0.2) is 58.1 Å². The molecule has 102 valence electrons. The van der Waals surface area contributed by atoms with Crippen LogP contribution in [0, 0.1) is 0 Å². The fourth-order valence-electron chi connectivity index (χ4n) is 1.94. The largest absolute Gasteiger partial charge is 0.380 e. The van der Waals surface area contributed by atoms with Gasteiger partial charge in [-0.2, -0.15) is 0 Å². The van der Waals surface area contributed by atoms with Gasteiger partial charge in [-0.25, -0.2) is 0 Å². The van der Waals surface area contributed by atoms with Crippen LogP contribution in [0.2, 0.25) is 0 Å². The smallest absolute Gasteiger partial charge is 0.0494 e. The molecule has 0 saturated carbocycles. The van der Waals surface area contributed by atoms with Gasteiger partial charge in [-0.15, -0.1) is 34.4 Å². The van der Waals surface area contributed by atoms with Crippen LogP contribution in [-0.4, -0.2) is 6.26 Å². The molecule has 0 bridgehead atoms. The maximum Gasteiger partial charge on any atom is 0.0494 e. The Bertz CT molecular complexity index is 653. The zero-order valence-electron chi connectivity index (χ0n) is 11.1. The van der Waals surface area contributed by atoms with Crippen molar-refractivity contribution in [3.63, 3.8) is 0 Å². The highest BCUT2D eigenvalue weighted by Crippen LogP contribution is 2.29. The highest BCUT2D eigenvalue weighted by Gasteiger charge is 2.03. The average Bonchev–Trinajstić information content (AvgIpc) is 3.16. The maximum absolute atomic E-state index is 3.48. The first-order valence-electron chi connectivity index (χ1n) is 6.34. The molecule has 0 saturated heterocycles. The fourth-order valence-corrected chi connectivity index (χ4v) is 3.96. The van der Waals surface area contributed by atoms with Crippen LogP contribution in [0.25, 0.3) is 10.4 Å². The lowest BCUT2D eigenvalue weighted by molar-refractivity contribution is 1.19. The molecule has 4 heteroatoms. The fraction of sp³-hybridized carbons (Fsp3) is 0.125. The van der Waals surface area contributed by atoms with Gasteiger partial charge in [-0.3, -0.25) is 0 Å². The van der Waals surface area contributed by atoms with Crippen molar-refractivity contribution in [3.8, 4) is 10.4 Å². The van der Waals surface area contributed by atoms with Crippen LogP contribution in [0.3, 0.4) is 0 Å². The highest BCUT2D eigenvalue weighted by molar-refractivity contribution is 7.98. The van der Waals surface area contributed by atoms with Gasteiger partial charge in [-0.05, 0) is 53.4 Å². The van der Waals surface area contributed by atoms with E-state index in [2.05, 4.69) is 64.8 Å². The molecule has 0 radical (unpaired) electrons. The summed E-state index contributed by atoms with van der Waals surface area (Å²) in [5, 5.41) is 7.83. The molecule has 2 heterocycles. The van der Waals surface area contributed by atoms with Gasteiger partial charge in [0.25, 0.3) is 0 Å². The van der Waals surface area contributed by atoms with E-state index in [-0.39, 0.29) is 0 Å². The molecule has 1 nitrogen and oxygen atoms in total. The quantitative estimate of drug-likeness (QED) is 0.596. The van der Waals surface area contributed by atoms with Crippen LogP contribution in [0.4, 0.5) is 5.69 Å². The van der Waals surface area contributed by atoms with Gasteiger partial charge in [0.2, 0.25) is 0 Å². The Morgan fingerprint density at radius 1 is 1.10 bits per heavy atom. The van der Waals surface area contributed by atoms with Gasteiger partial charge in [-0.1, -0.05) is 6.07 Å². The normalized spacial score (nSPS) is 10.7. The predicted molar refractivity (Wildman–Crippen MR) is 93.2 cm³/mol. The lowest BCUT2D eigenvalue weighted by Crippen LogP contribution is -1.96. The third-order valence-corrected chi connectivity index (χ3v) is 5.62.